The molecule has 0 radical (unpaired) electrons. The molecule has 0 bridgehead atoms. The lowest BCUT2D eigenvalue weighted by molar-refractivity contribution is -0.142. The molecular formula is C14H16BrNO3. The molecule has 1 aliphatic rings. The van der Waals surface area contributed by atoms with Crippen molar-refractivity contribution < 1.29 is 14.7 Å². The van der Waals surface area contributed by atoms with Crippen LogP contribution in [0.5, 0.6) is 0 Å². The molecule has 0 spiro atoms. The number of hydrogen-bond acceptors (Lipinski definition) is 2. The van der Waals surface area contributed by atoms with E-state index in [0.717, 1.165) is 22.9 Å². The summed E-state index contributed by atoms with van der Waals surface area (Å²) in [6, 6.07) is 5.11. The van der Waals surface area contributed by atoms with Crippen molar-refractivity contribution in [3.8, 4) is 0 Å². The highest BCUT2D eigenvalue weighted by Gasteiger charge is 2.33. The number of nitrogens with one attached hydrogen (secondary N) is 1. The Labute approximate surface area is 120 Å². The second-order valence-corrected chi connectivity index (χ2v) is 5.77. The Hall–Kier alpha value is -1.36. The van der Waals surface area contributed by atoms with E-state index in [0.29, 0.717) is 12.0 Å². The van der Waals surface area contributed by atoms with Crippen LogP contribution in [0.4, 0.5) is 0 Å². The summed E-state index contributed by atoms with van der Waals surface area (Å²) in [7, 11) is 0. The Kier molecular flexibility index (Phi) is 4.24. The van der Waals surface area contributed by atoms with Crippen LogP contribution in [0.2, 0.25) is 0 Å². The van der Waals surface area contributed by atoms with Crippen LogP contribution in [0.1, 0.15) is 35.2 Å². The Bertz CT molecular complexity index is 515. The van der Waals surface area contributed by atoms with Gasteiger partial charge >= 0.3 is 5.97 Å². The number of carbonyl (C=O) groups excluding carboxylic acids is 1. The molecule has 1 saturated carbocycles. The number of carbonyl (C=O) groups is 2. The first-order valence-electron chi connectivity index (χ1n) is 6.29. The zero-order valence-corrected chi connectivity index (χ0v) is 12.2. The third-order valence-electron chi connectivity index (χ3n) is 3.58. The van der Waals surface area contributed by atoms with E-state index in [-0.39, 0.29) is 11.9 Å². The predicted molar refractivity (Wildman–Crippen MR) is 75.1 cm³/mol. The fraction of sp³-hybridized carbons (Fsp3) is 0.429. The van der Waals surface area contributed by atoms with E-state index in [2.05, 4.69) is 21.2 Å². The largest absolute Gasteiger partial charge is 0.481 e. The number of benzene rings is 1. The van der Waals surface area contributed by atoms with Crippen LogP contribution in [0, 0.1) is 12.8 Å². The Morgan fingerprint density at radius 3 is 2.74 bits per heavy atom. The van der Waals surface area contributed by atoms with Crippen LogP contribution in [-0.2, 0) is 4.79 Å². The molecule has 0 unspecified atom stereocenters. The van der Waals surface area contributed by atoms with Gasteiger partial charge in [0.05, 0.1) is 5.92 Å². The van der Waals surface area contributed by atoms with E-state index in [1.54, 1.807) is 12.1 Å². The van der Waals surface area contributed by atoms with E-state index < -0.39 is 11.9 Å². The third-order valence-corrected chi connectivity index (χ3v) is 4.44. The second kappa shape index (κ2) is 5.74. The molecular weight excluding hydrogens is 310 g/mol. The minimum absolute atomic E-state index is 0.209. The highest BCUT2D eigenvalue weighted by molar-refractivity contribution is 9.10. The molecule has 1 fully saturated rings. The highest BCUT2D eigenvalue weighted by Crippen LogP contribution is 2.26. The number of aryl methyl sites for hydroxylation is 1. The van der Waals surface area contributed by atoms with Crippen LogP contribution < -0.4 is 5.32 Å². The SMILES string of the molecule is Cc1ccc(C(=O)N[C@@H]2CCC[C@@H]2C(=O)O)cc1Br. The van der Waals surface area contributed by atoms with Gasteiger partial charge in [0, 0.05) is 16.1 Å². The molecule has 0 aliphatic heterocycles. The number of halogens is 1. The third kappa shape index (κ3) is 3.15. The molecule has 2 rings (SSSR count). The molecule has 0 saturated heterocycles. The van der Waals surface area contributed by atoms with Gasteiger partial charge in [-0.2, -0.15) is 0 Å². The van der Waals surface area contributed by atoms with Crippen molar-refractivity contribution in [1.82, 2.24) is 5.32 Å². The summed E-state index contributed by atoms with van der Waals surface area (Å²) in [4.78, 5) is 23.2. The molecule has 1 amide bonds. The normalized spacial score (nSPS) is 22.2. The van der Waals surface area contributed by atoms with Crippen LogP contribution in [0.15, 0.2) is 22.7 Å². The van der Waals surface area contributed by atoms with Gasteiger partial charge in [-0.25, -0.2) is 0 Å². The summed E-state index contributed by atoms with van der Waals surface area (Å²) in [5, 5.41) is 11.9. The molecule has 1 aromatic rings. The van der Waals surface area contributed by atoms with Gasteiger partial charge in [0.15, 0.2) is 0 Å². The average molecular weight is 326 g/mol. The summed E-state index contributed by atoms with van der Waals surface area (Å²) >= 11 is 3.39. The van der Waals surface area contributed by atoms with Crippen molar-refractivity contribution in [3.63, 3.8) is 0 Å². The highest BCUT2D eigenvalue weighted by atomic mass is 79.9. The molecule has 102 valence electrons. The van der Waals surface area contributed by atoms with E-state index in [1.165, 1.54) is 0 Å². The average Bonchev–Trinajstić information content (AvgIpc) is 2.80. The number of hydrogen-bond donors (Lipinski definition) is 2. The lowest BCUT2D eigenvalue weighted by Gasteiger charge is -2.17. The number of amides is 1. The first-order valence-corrected chi connectivity index (χ1v) is 7.08. The zero-order valence-electron chi connectivity index (χ0n) is 10.6. The van der Waals surface area contributed by atoms with E-state index >= 15 is 0 Å². The minimum atomic E-state index is -0.826. The molecule has 4 nitrogen and oxygen atoms in total. The maximum absolute atomic E-state index is 12.1. The van der Waals surface area contributed by atoms with Gasteiger partial charge < -0.3 is 10.4 Å². The quantitative estimate of drug-likeness (QED) is 0.897. The van der Waals surface area contributed by atoms with Gasteiger partial charge in [0.2, 0.25) is 0 Å². The van der Waals surface area contributed by atoms with Gasteiger partial charge in [-0.1, -0.05) is 28.4 Å². The van der Waals surface area contributed by atoms with Crippen LogP contribution in [0.3, 0.4) is 0 Å². The maximum Gasteiger partial charge on any atom is 0.308 e. The predicted octanol–water partition coefficient (Wildman–Crippen LogP) is 2.74. The number of rotatable bonds is 3. The summed E-state index contributed by atoms with van der Waals surface area (Å²) in [6.45, 7) is 1.95. The molecule has 5 heteroatoms. The fourth-order valence-corrected chi connectivity index (χ4v) is 2.79. The van der Waals surface area contributed by atoms with Crippen molar-refractivity contribution in [2.75, 3.05) is 0 Å². The second-order valence-electron chi connectivity index (χ2n) is 4.92. The monoisotopic (exact) mass is 325 g/mol. The Morgan fingerprint density at radius 2 is 2.11 bits per heavy atom. The van der Waals surface area contributed by atoms with Gasteiger partial charge in [-0.05, 0) is 37.5 Å². The zero-order chi connectivity index (χ0) is 14.0. The van der Waals surface area contributed by atoms with Crippen molar-refractivity contribution in [2.24, 2.45) is 5.92 Å². The van der Waals surface area contributed by atoms with Gasteiger partial charge in [-0.3, -0.25) is 9.59 Å². The van der Waals surface area contributed by atoms with Gasteiger partial charge in [-0.15, -0.1) is 0 Å². The summed E-state index contributed by atoms with van der Waals surface area (Å²) in [5.74, 6) is -1.50. The van der Waals surface area contributed by atoms with Gasteiger partial charge in [0.25, 0.3) is 5.91 Å². The van der Waals surface area contributed by atoms with Crippen molar-refractivity contribution in [1.29, 1.82) is 0 Å². The maximum atomic E-state index is 12.1. The molecule has 1 aliphatic carbocycles. The minimum Gasteiger partial charge on any atom is -0.481 e. The molecule has 2 atom stereocenters. The summed E-state index contributed by atoms with van der Waals surface area (Å²) in [5.41, 5.74) is 1.61. The molecule has 2 N–H and O–H groups in total. The van der Waals surface area contributed by atoms with Crippen molar-refractivity contribution >= 4 is 27.8 Å². The first-order chi connectivity index (χ1) is 8.99. The van der Waals surface area contributed by atoms with E-state index in [4.69, 9.17) is 5.11 Å². The lowest BCUT2D eigenvalue weighted by Crippen LogP contribution is -2.40. The Morgan fingerprint density at radius 1 is 1.37 bits per heavy atom. The molecule has 0 aromatic heterocycles. The fourth-order valence-electron chi connectivity index (χ4n) is 2.41. The van der Waals surface area contributed by atoms with Crippen molar-refractivity contribution in [2.45, 2.75) is 32.2 Å². The van der Waals surface area contributed by atoms with Crippen LogP contribution >= 0.6 is 15.9 Å². The first kappa shape index (κ1) is 14.1. The molecule has 0 heterocycles. The van der Waals surface area contributed by atoms with Crippen LogP contribution in [-0.4, -0.2) is 23.0 Å². The van der Waals surface area contributed by atoms with Crippen molar-refractivity contribution in [3.05, 3.63) is 33.8 Å². The molecule has 19 heavy (non-hydrogen) atoms. The topological polar surface area (TPSA) is 66.4 Å². The lowest BCUT2D eigenvalue weighted by atomic mass is 10.0. The Balaban J connectivity index is 2.08. The van der Waals surface area contributed by atoms with Crippen LogP contribution in [0.25, 0.3) is 0 Å². The van der Waals surface area contributed by atoms with Gasteiger partial charge in [0.1, 0.15) is 0 Å². The molecule has 1 aromatic carbocycles. The summed E-state index contributed by atoms with van der Waals surface area (Å²) < 4.78 is 0.876. The number of aliphatic carboxylic acids is 1. The van der Waals surface area contributed by atoms with E-state index in [9.17, 15) is 9.59 Å². The smallest absolute Gasteiger partial charge is 0.308 e. The standard InChI is InChI=1S/C14H16BrNO3/c1-8-5-6-9(7-11(8)15)13(17)16-12-4-2-3-10(12)14(18)19/h5-7,10,12H,2-4H2,1H3,(H,16,17)(H,18,19)/t10-,12+/m0/s1. The van der Waals surface area contributed by atoms with E-state index in [1.807, 2.05) is 13.0 Å². The number of carboxylic acid groups (broad SMARTS) is 1. The summed E-state index contributed by atoms with van der Waals surface area (Å²) in [6.07, 6.45) is 2.22. The number of carboxylic acids is 1.